The first-order valence-electron chi connectivity index (χ1n) is 5.43. The van der Waals surface area contributed by atoms with E-state index >= 15 is 0 Å². The zero-order chi connectivity index (χ0) is 12.6. The van der Waals surface area contributed by atoms with Crippen LogP contribution in [0.5, 0.6) is 11.5 Å². The minimum Gasteiger partial charge on any atom is -0.507 e. The Kier molecular flexibility index (Phi) is 2.95. The average molecular weight is 243 g/mol. The highest BCUT2D eigenvalue weighted by Crippen LogP contribution is 2.52. The number of nitrogens with two attached hydrogens (primary N) is 1. The molecule has 1 fully saturated rings. The Balaban J connectivity index is 2.54. The van der Waals surface area contributed by atoms with Crippen molar-refractivity contribution in [3.05, 3.63) is 23.3 Å². The summed E-state index contributed by atoms with van der Waals surface area (Å²) in [5.74, 6) is -0.0171. The first-order valence-corrected chi connectivity index (χ1v) is 5.43. The monoisotopic (exact) mass is 243 g/mol. The fourth-order valence-electron chi connectivity index (χ4n) is 2.05. The summed E-state index contributed by atoms with van der Waals surface area (Å²) in [5, 5.41) is 9.89. The van der Waals surface area contributed by atoms with Crippen molar-refractivity contribution in [3.63, 3.8) is 0 Å². The molecule has 0 bridgehead atoms. The SMILES string of the molecule is COc1cc(C(F)F)c(O)c(C2(CN)CC2)c1. The summed E-state index contributed by atoms with van der Waals surface area (Å²) in [4.78, 5) is 0. The second-order valence-corrected chi connectivity index (χ2v) is 4.40. The maximum absolute atomic E-state index is 12.8. The number of phenols is 1. The van der Waals surface area contributed by atoms with Crippen LogP contribution in [0, 0.1) is 0 Å². The molecule has 3 nitrogen and oxygen atoms in total. The third kappa shape index (κ3) is 1.95. The Morgan fingerprint density at radius 2 is 2.12 bits per heavy atom. The number of rotatable bonds is 4. The molecule has 1 aliphatic rings. The molecule has 1 aliphatic carbocycles. The molecule has 0 amide bonds. The van der Waals surface area contributed by atoms with E-state index in [0.29, 0.717) is 17.9 Å². The van der Waals surface area contributed by atoms with Crippen LogP contribution in [-0.2, 0) is 5.41 Å². The van der Waals surface area contributed by atoms with Crippen molar-refractivity contribution in [3.8, 4) is 11.5 Å². The van der Waals surface area contributed by atoms with Crippen LogP contribution in [0.2, 0.25) is 0 Å². The lowest BCUT2D eigenvalue weighted by molar-refractivity contribution is 0.146. The summed E-state index contributed by atoms with van der Waals surface area (Å²) in [6.07, 6.45) is -1.10. The Hall–Kier alpha value is -1.36. The summed E-state index contributed by atoms with van der Waals surface area (Å²) in [6, 6.07) is 2.76. The molecule has 0 saturated heterocycles. The lowest BCUT2D eigenvalue weighted by Gasteiger charge is -2.18. The van der Waals surface area contributed by atoms with E-state index in [1.54, 1.807) is 6.07 Å². The number of ether oxygens (including phenoxy) is 1. The summed E-state index contributed by atoms with van der Waals surface area (Å²) in [5.41, 5.74) is 5.39. The fraction of sp³-hybridized carbons (Fsp3) is 0.500. The second-order valence-electron chi connectivity index (χ2n) is 4.40. The van der Waals surface area contributed by atoms with E-state index < -0.39 is 6.43 Å². The predicted octanol–water partition coefficient (Wildman–Crippen LogP) is 2.33. The maximum atomic E-state index is 12.8. The smallest absolute Gasteiger partial charge is 0.267 e. The molecule has 1 saturated carbocycles. The molecule has 0 heterocycles. The van der Waals surface area contributed by atoms with E-state index in [1.165, 1.54) is 7.11 Å². The van der Waals surface area contributed by atoms with Gasteiger partial charge in [0.05, 0.1) is 12.7 Å². The summed E-state index contributed by atoms with van der Waals surface area (Å²) < 4.78 is 30.6. The third-order valence-corrected chi connectivity index (χ3v) is 3.40. The number of aromatic hydroxyl groups is 1. The molecule has 17 heavy (non-hydrogen) atoms. The number of hydrogen-bond donors (Lipinski definition) is 2. The van der Waals surface area contributed by atoms with Crippen LogP contribution in [0.3, 0.4) is 0 Å². The van der Waals surface area contributed by atoms with E-state index in [0.717, 1.165) is 18.9 Å². The summed E-state index contributed by atoms with van der Waals surface area (Å²) in [6.45, 7) is 0.344. The maximum Gasteiger partial charge on any atom is 0.267 e. The Morgan fingerprint density at radius 1 is 1.47 bits per heavy atom. The molecule has 1 aromatic carbocycles. The van der Waals surface area contributed by atoms with Crippen LogP contribution >= 0.6 is 0 Å². The van der Waals surface area contributed by atoms with Gasteiger partial charge in [-0.3, -0.25) is 0 Å². The summed E-state index contributed by atoms with van der Waals surface area (Å²) in [7, 11) is 1.41. The Bertz CT molecular complexity index is 431. The van der Waals surface area contributed by atoms with Gasteiger partial charge in [0, 0.05) is 17.5 Å². The third-order valence-electron chi connectivity index (χ3n) is 3.40. The molecular formula is C12H15F2NO2. The van der Waals surface area contributed by atoms with Crippen molar-refractivity contribution in [2.24, 2.45) is 5.73 Å². The zero-order valence-corrected chi connectivity index (χ0v) is 9.54. The molecule has 0 atom stereocenters. The number of phenolic OH excluding ortho intramolecular Hbond substituents is 1. The largest absolute Gasteiger partial charge is 0.507 e. The molecule has 2 rings (SSSR count). The van der Waals surface area contributed by atoms with Gasteiger partial charge in [0.1, 0.15) is 11.5 Å². The Labute approximate surface area is 98.2 Å². The lowest BCUT2D eigenvalue weighted by atomic mass is 9.92. The van der Waals surface area contributed by atoms with Gasteiger partial charge < -0.3 is 15.6 Å². The van der Waals surface area contributed by atoms with Crippen LogP contribution in [0.15, 0.2) is 12.1 Å². The molecular weight excluding hydrogens is 228 g/mol. The molecule has 1 aromatic rings. The van der Waals surface area contributed by atoms with E-state index in [9.17, 15) is 13.9 Å². The fourth-order valence-corrected chi connectivity index (χ4v) is 2.05. The quantitative estimate of drug-likeness (QED) is 0.853. The van der Waals surface area contributed by atoms with Gasteiger partial charge in [0.25, 0.3) is 6.43 Å². The first kappa shape index (κ1) is 12.1. The highest BCUT2D eigenvalue weighted by Gasteiger charge is 2.45. The average Bonchev–Trinajstić information content (AvgIpc) is 3.10. The number of alkyl halides is 2. The molecule has 5 heteroatoms. The topological polar surface area (TPSA) is 55.5 Å². The van der Waals surface area contributed by atoms with Gasteiger partial charge in [-0.2, -0.15) is 0 Å². The highest BCUT2D eigenvalue weighted by molar-refractivity contribution is 5.52. The number of hydrogen-bond acceptors (Lipinski definition) is 3. The Morgan fingerprint density at radius 3 is 2.53 bits per heavy atom. The number of halogens is 2. The highest BCUT2D eigenvalue weighted by atomic mass is 19.3. The van der Waals surface area contributed by atoms with E-state index in [4.69, 9.17) is 10.5 Å². The van der Waals surface area contributed by atoms with Crippen molar-refractivity contribution in [2.75, 3.05) is 13.7 Å². The van der Waals surface area contributed by atoms with Crippen LogP contribution in [0.25, 0.3) is 0 Å². The van der Waals surface area contributed by atoms with Gasteiger partial charge in [-0.15, -0.1) is 0 Å². The standard InChI is InChI=1S/C12H15F2NO2/c1-17-7-4-8(11(13)14)10(16)9(5-7)12(6-15)2-3-12/h4-5,11,16H,2-3,6,15H2,1H3. The first-order chi connectivity index (χ1) is 8.04. The predicted molar refractivity (Wildman–Crippen MR) is 59.6 cm³/mol. The second kappa shape index (κ2) is 4.14. The lowest BCUT2D eigenvalue weighted by Crippen LogP contribution is -2.20. The molecule has 0 unspecified atom stereocenters. The zero-order valence-electron chi connectivity index (χ0n) is 9.54. The normalized spacial score (nSPS) is 17.2. The van der Waals surface area contributed by atoms with Gasteiger partial charge in [0.2, 0.25) is 0 Å². The van der Waals surface area contributed by atoms with Crippen LogP contribution in [0.1, 0.15) is 30.4 Å². The van der Waals surface area contributed by atoms with E-state index in [1.807, 2.05) is 0 Å². The van der Waals surface area contributed by atoms with Crippen molar-refractivity contribution in [2.45, 2.75) is 24.7 Å². The van der Waals surface area contributed by atoms with Crippen LogP contribution in [-0.4, -0.2) is 18.8 Å². The number of methoxy groups -OCH3 is 1. The van der Waals surface area contributed by atoms with Gasteiger partial charge in [-0.05, 0) is 25.0 Å². The van der Waals surface area contributed by atoms with Crippen LogP contribution < -0.4 is 10.5 Å². The van der Waals surface area contributed by atoms with E-state index in [-0.39, 0.29) is 16.7 Å². The molecule has 3 N–H and O–H groups in total. The van der Waals surface area contributed by atoms with Crippen molar-refractivity contribution >= 4 is 0 Å². The van der Waals surface area contributed by atoms with Crippen molar-refractivity contribution in [1.82, 2.24) is 0 Å². The molecule has 0 aromatic heterocycles. The molecule has 0 radical (unpaired) electrons. The van der Waals surface area contributed by atoms with Gasteiger partial charge in [-0.25, -0.2) is 8.78 Å². The molecule has 94 valence electrons. The van der Waals surface area contributed by atoms with Gasteiger partial charge >= 0.3 is 0 Å². The molecule has 0 aliphatic heterocycles. The number of benzene rings is 1. The van der Waals surface area contributed by atoms with E-state index in [2.05, 4.69) is 0 Å². The van der Waals surface area contributed by atoms with Crippen LogP contribution in [0.4, 0.5) is 8.78 Å². The molecule has 0 spiro atoms. The van der Waals surface area contributed by atoms with Gasteiger partial charge in [-0.1, -0.05) is 0 Å². The van der Waals surface area contributed by atoms with Crippen molar-refractivity contribution < 1.29 is 18.6 Å². The van der Waals surface area contributed by atoms with Gasteiger partial charge in [0.15, 0.2) is 0 Å². The van der Waals surface area contributed by atoms with Crippen molar-refractivity contribution in [1.29, 1.82) is 0 Å². The minimum absolute atomic E-state index is 0.327. The summed E-state index contributed by atoms with van der Waals surface area (Å²) >= 11 is 0. The minimum atomic E-state index is -2.72.